The van der Waals surface area contributed by atoms with Crippen molar-refractivity contribution in [2.75, 3.05) is 33.4 Å². The molecule has 0 saturated carbocycles. The fourth-order valence-electron chi connectivity index (χ4n) is 3.58. The van der Waals surface area contributed by atoms with Gasteiger partial charge in [0.05, 0.1) is 7.11 Å². The molecule has 2 heterocycles. The highest BCUT2D eigenvalue weighted by Gasteiger charge is 2.21. The first-order chi connectivity index (χ1) is 13.5. The second kappa shape index (κ2) is 9.64. The van der Waals surface area contributed by atoms with E-state index < -0.39 is 0 Å². The van der Waals surface area contributed by atoms with E-state index in [0.717, 1.165) is 44.0 Å². The van der Waals surface area contributed by atoms with Gasteiger partial charge in [-0.25, -0.2) is 0 Å². The molecule has 1 saturated heterocycles. The fourth-order valence-corrected chi connectivity index (χ4v) is 3.58. The van der Waals surface area contributed by atoms with E-state index in [9.17, 15) is 4.79 Å². The Balaban J connectivity index is 1.34. The Morgan fingerprint density at radius 2 is 1.96 bits per heavy atom. The summed E-state index contributed by atoms with van der Waals surface area (Å²) in [5, 5.41) is 3.00. The average Bonchev–Trinajstić information content (AvgIpc) is 3.02. The highest BCUT2D eigenvalue weighted by Crippen LogP contribution is 2.22. The van der Waals surface area contributed by atoms with Crippen molar-refractivity contribution in [3.05, 3.63) is 47.4 Å². The van der Waals surface area contributed by atoms with E-state index in [4.69, 9.17) is 13.9 Å². The molecule has 0 aliphatic carbocycles. The molecule has 1 aliphatic rings. The molecule has 28 heavy (non-hydrogen) atoms. The number of rotatable bonds is 8. The lowest BCUT2D eigenvalue weighted by atomic mass is 9.96. The minimum Gasteiger partial charge on any atom is -0.497 e. The van der Waals surface area contributed by atoms with Crippen LogP contribution < -0.4 is 14.8 Å². The van der Waals surface area contributed by atoms with Crippen molar-refractivity contribution < 1.29 is 18.7 Å². The Hall–Kier alpha value is -2.47. The Bertz CT molecular complexity index is 779. The molecule has 1 aromatic carbocycles. The number of hydrogen-bond donors (Lipinski definition) is 1. The second-order valence-electron chi connectivity index (χ2n) is 7.43. The summed E-state index contributed by atoms with van der Waals surface area (Å²) in [5.74, 6) is 3.76. The number of nitrogens with zero attached hydrogens (tertiary/aromatic N) is 1. The van der Waals surface area contributed by atoms with Crippen LogP contribution in [0.15, 0.2) is 34.7 Å². The molecule has 6 heteroatoms. The van der Waals surface area contributed by atoms with Gasteiger partial charge in [0, 0.05) is 24.7 Å². The van der Waals surface area contributed by atoms with Crippen molar-refractivity contribution in [3.63, 3.8) is 0 Å². The number of ether oxygens (including phenoxy) is 2. The SMILES string of the molecule is COc1cccc(OCC(=O)NCC2CCN(Cc3cc(C)oc3C)CC2)c1. The van der Waals surface area contributed by atoms with Crippen LogP contribution in [0.3, 0.4) is 0 Å². The predicted octanol–water partition coefficient (Wildman–Crippen LogP) is 3.31. The summed E-state index contributed by atoms with van der Waals surface area (Å²) in [7, 11) is 1.61. The lowest BCUT2D eigenvalue weighted by molar-refractivity contribution is -0.123. The third-order valence-corrected chi connectivity index (χ3v) is 5.24. The number of carbonyl (C=O) groups excluding carboxylic acids is 1. The fraction of sp³-hybridized carbons (Fsp3) is 0.500. The van der Waals surface area contributed by atoms with E-state index in [1.807, 2.05) is 32.0 Å². The van der Waals surface area contributed by atoms with Crippen LogP contribution in [0, 0.1) is 19.8 Å². The summed E-state index contributed by atoms with van der Waals surface area (Å²) in [5.41, 5.74) is 1.28. The monoisotopic (exact) mass is 386 g/mol. The van der Waals surface area contributed by atoms with Crippen LogP contribution in [-0.4, -0.2) is 44.2 Å². The van der Waals surface area contributed by atoms with Crippen LogP contribution >= 0.6 is 0 Å². The van der Waals surface area contributed by atoms with Crippen molar-refractivity contribution in [2.24, 2.45) is 5.92 Å². The number of amides is 1. The molecule has 0 atom stereocenters. The molecule has 1 aliphatic heterocycles. The first-order valence-corrected chi connectivity index (χ1v) is 9.85. The summed E-state index contributed by atoms with van der Waals surface area (Å²) in [4.78, 5) is 14.5. The van der Waals surface area contributed by atoms with E-state index >= 15 is 0 Å². The Morgan fingerprint density at radius 1 is 1.21 bits per heavy atom. The van der Waals surface area contributed by atoms with Gasteiger partial charge in [0.25, 0.3) is 5.91 Å². The topological polar surface area (TPSA) is 63.9 Å². The van der Waals surface area contributed by atoms with Gasteiger partial charge in [0.1, 0.15) is 23.0 Å². The van der Waals surface area contributed by atoms with Crippen LogP contribution in [0.4, 0.5) is 0 Å². The van der Waals surface area contributed by atoms with Gasteiger partial charge in [0.15, 0.2) is 6.61 Å². The number of nitrogens with one attached hydrogen (secondary N) is 1. The number of aryl methyl sites for hydroxylation is 2. The van der Waals surface area contributed by atoms with Gasteiger partial charge >= 0.3 is 0 Å². The molecule has 1 amide bonds. The van der Waals surface area contributed by atoms with Gasteiger partial charge in [-0.1, -0.05) is 6.07 Å². The van der Waals surface area contributed by atoms with E-state index in [1.165, 1.54) is 5.56 Å². The van der Waals surface area contributed by atoms with E-state index in [2.05, 4.69) is 16.3 Å². The maximum atomic E-state index is 12.1. The molecule has 2 aromatic rings. The van der Waals surface area contributed by atoms with Crippen molar-refractivity contribution in [1.82, 2.24) is 10.2 Å². The third kappa shape index (κ3) is 5.76. The highest BCUT2D eigenvalue weighted by atomic mass is 16.5. The number of hydrogen-bond acceptors (Lipinski definition) is 5. The number of benzene rings is 1. The van der Waals surface area contributed by atoms with Crippen molar-refractivity contribution in [3.8, 4) is 11.5 Å². The maximum Gasteiger partial charge on any atom is 0.257 e. The number of carbonyl (C=O) groups is 1. The van der Waals surface area contributed by atoms with Gasteiger partial charge < -0.3 is 19.2 Å². The molecular weight excluding hydrogens is 356 g/mol. The molecular formula is C22H30N2O4. The molecule has 152 valence electrons. The Kier molecular flexibility index (Phi) is 6.98. The zero-order valence-corrected chi connectivity index (χ0v) is 17.0. The van der Waals surface area contributed by atoms with Gasteiger partial charge in [-0.2, -0.15) is 0 Å². The molecule has 0 unspecified atom stereocenters. The number of furan rings is 1. The average molecular weight is 386 g/mol. The second-order valence-corrected chi connectivity index (χ2v) is 7.43. The number of piperidine rings is 1. The quantitative estimate of drug-likeness (QED) is 0.754. The summed E-state index contributed by atoms with van der Waals surface area (Å²) in [6.45, 7) is 7.77. The first-order valence-electron chi connectivity index (χ1n) is 9.85. The summed E-state index contributed by atoms with van der Waals surface area (Å²) in [6.07, 6.45) is 2.18. The zero-order valence-electron chi connectivity index (χ0n) is 17.0. The number of methoxy groups -OCH3 is 1. The molecule has 0 bridgehead atoms. The van der Waals surface area contributed by atoms with E-state index in [0.29, 0.717) is 24.0 Å². The van der Waals surface area contributed by atoms with Gasteiger partial charge in [0.2, 0.25) is 0 Å². The van der Waals surface area contributed by atoms with E-state index in [-0.39, 0.29) is 12.5 Å². The normalized spacial score (nSPS) is 15.4. The standard InChI is InChI=1S/C22H30N2O4/c1-16-11-19(17(2)28-16)14-24-9-7-18(8-10-24)13-23-22(25)15-27-21-6-4-5-20(12-21)26-3/h4-6,11-12,18H,7-10,13-15H2,1-3H3,(H,23,25). The van der Waals surface area contributed by atoms with Crippen LogP contribution in [-0.2, 0) is 11.3 Å². The van der Waals surface area contributed by atoms with Crippen LogP contribution in [0.25, 0.3) is 0 Å². The van der Waals surface area contributed by atoms with Crippen LogP contribution in [0.1, 0.15) is 29.9 Å². The summed E-state index contributed by atoms with van der Waals surface area (Å²) in [6, 6.07) is 9.39. The molecule has 1 N–H and O–H groups in total. The first kappa shape index (κ1) is 20.3. The Labute approximate surface area is 166 Å². The van der Waals surface area contributed by atoms with Gasteiger partial charge in [-0.05, 0) is 63.9 Å². The minimum atomic E-state index is -0.0882. The summed E-state index contributed by atoms with van der Waals surface area (Å²) >= 11 is 0. The lowest BCUT2D eigenvalue weighted by Gasteiger charge is -2.31. The van der Waals surface area contributed by atoms with E-state index in [1.54, 1.807) is 13.2 Å². The van der Waals surface area contributed by atoms with Crippen LogP contribution in [0.2, 0.25) is 0 Å². The van der Waals surface area contributed by atoms with Crippen molar-refractivity contribution >= 4 is 5.91 Å². The highest BCUT2D eigenvalue weighted by molar-refractivity contribution is 5.77. The lowest BCUT2D eigenvalue weighted by Crippen LogP contribution is -2.39. The minimum absolute atomic E-state index is 0.0190. The van der Waals surface area contributed by atoms with Gasteiger partial charge in [-0.3, -0.25) is 9.69 Å². The smallest absolute Gasteiger partial charge is 0.257 e. The molecule has 1 aromatic heterocycles. The molecule has 3 rings (SSSR count). The van der Waals surface area contributed by atoms with Crippen molar-refractivity contribution in [2.45, 2.75) is 33.2 Å². The maximum absolute atomic E-state index is 12.1. The molecule has 1 fully saturated rings. The third-order valence-electron chi connectivity index (χ3n) is 5.24. The molecule has 6 nitrogen and oxygen atoms in total. The summed E-state index contributed by atoms with van der Waals surface area (Å²) < 4.78 is 16.3. The predicted molar refractivity (Wildman–Crippen MR) is 108 cm³/mol. The zero-order chi connectivity index (χ0) is 19.9. The molecule has 0 spiro atoms. The van der Waals surface area contributed by atoms with Crippen LogP contribution in [0.5, 0.6) is 11.5 Å². The number of likely N-dealkylation sites (tertiary alicyclic amines) is 1. The largest absolute Gasteiger partial charge is 0.497 e. The van der Waals surface area contributed by atoms with Gasteiger partial charge in [-0.15, -0.1) is 0 Å². The molecule has 0 radical (unpaired) electrons. The van der Waals surface area contributed by atoms with Crippen molar-refractivity contribution in [1.29, 1.82) is 0 Å². The Morgan fingerprint density at radius 3 is 2.64 bits per heavy atom.